The summed E-state index contributed by atoms with van der Waals surface area (Å²) >= 11 is 0. The Hall–Kier alpha value is -3.91. The van der Waals surface area contributed by atoms with Gasteiger partial charge in [0.2, 0.25) is 0 Å². The second kappa shape index (κ2) is 7.65. The summed E-state index contributed by atoms with van der Waals surface area (Å²) < 4.78 is 32.9. The van der Waals surface area contributed by atoms with E-state index in [4.69, 9.17) is 4.42 Å². The Kier molecular flexibility index (Phi) is 4.79. The highest BCUT2D eigenvalue weighted by atomic mass is 32.2. The van der Waals surface area contributed by atoms with Gasteiger partial charge in [0.1, 0.15) is 11.5 Å². The summed E-state index contributed by atoms with van der Waals surface area (Å²) in [6, 6.07) is 21.2. The molecule has 0 radical (unpaired) electrons. The number of furan rings is 1. The third kappa shape index (κ3) is 3.34. The van der Waals surface area contributed by atoms with E-state index in [1.54, 1.807) is 55.5 Å². The fourth-order valence-corrected chi connectivity index (χ4v) is 5.49. The van der Waals surface area contributed by atoms with Crippen molar-refractivity contribution in [2.75, 3.05) is 4.31 Å². The second-order valence-electron chi connectivity index (χ2n) is 7.46. The molecular weight excluding hydrogens is 426 g/mol. The maximum atomic E-state index is 13.1. The molecule has 0 unspecified atom stereocenters. The molecule has 1 aromatic heterocycles. The van der Waals surface area contributed by atoms with Crippen LogP contribution in [-0.4, -0.2) is 20.0 Å². The first-order valence-electron chi connectivity index (χ1n) is 9.97. The number of benzene rings is 3. The Morgan fingerprint density at radius 3 is 2.47 bits per heavy atom. The molecule has 0 bridgehead atoms. The molecule has 5 rings (SSSR count). The first-order valence-corrected chi connectivity index (χ1v) is 11.4. The van der Waals surface area contributed by atoms with Crippen LogP contribution in [0, 0.1) is 0 Å². The zero-order chi connectivity index (χ0) is 22.3. The quantitative estimate of drug-likeness (QED) is 0.366. The number of anilines is 1. The van der Waals surface area contributed by atoms with Crippen LogP contribution in [0.1, 0.15) is 28.6 Å². The normalized spacial score (nSPS) is 14.7. The molecule has 160 valence electrons. The lowest BCUT2D eigenvalue weighted by Crippen LogP contribution is -2.26. The molecule has 0 saturated heterocycles. The molecule has 4 aromatic rings. The highest BCUT2D eigenvalue weighted by Gasteiger charge is 2.35. The molecule has 0 saturated carbocycles. The summed E-state index contributed by atoms with van der Waals surface area (Å²) in [7, 11) is -3.64. The largest absolute Gasteiger partial charge is 0.463 e. The molecule has 0 aliphatic carbocycles. The molecule has 3 aromatic carbocycles. The molecular formula is C24H19N3O4S. The zero-order valence-corrected chi connectivity index (χ0v) is 18.0. The third-order valence-electron chi connectivity index (χ3n) is 5.43. The van der Waals surface area contributed by atoms with Gasteiger partial charge in [0.05, 0.1) is 23.4 Å². The minimum atomic E-state index is -3.64. The van der Waals surface area contributed by atoms with E-state index in [-0.39, 0.29) is 12.5 Å². The van der Waals surface area contributed by atoms with Crippen LogP contribution in [0.5, 0.6) is 0 Å². The van der Waals surface area contributed by atoms with Crippen LogP contribution < -0.4 is 9.73 Å². The first-order chi connectivity index (χ1) is 15.4. The monoisotopic (exact) mass is 445 g/mol. The molecule has 2 heterocycles. The predicted octanol–water partition coefficient (Wildman–Crippen LogP) is 4.30. The van der Waals surface area contributed by atoms with Gasteiger partial charge in [-0.1, -0.05) is 36.4 Å². The van der Waals surface area contributed by atoms with Crippen LogP contribution in [0.3, 0.4) is 0 Å². The average molecular weight is 446 g/mol. The number of hydrazone groups is 1. The molecule has 0 atom stereocenters. The van der Waals surface area contributed by atoms with E-state index in [0.29, 0.717) is 27.6 Å². The van der Waals surface area contributed by atoms with E-state index in [2.05, 4.69) is 10.5 Å². The predicted molar refractivity (Wildman–Crippen MR) is 122 cm³/mol. The van der Waals surface area contributed by atoms with Gasteiger partial charge in [0.25, 0.3) is 15.9 Å². The number of nitrogens with one attached hydrogen (secondary N) is 1. The Labute approximate surface area is 185 Å². The van der Waals surface area contributed by atoms with Gasteiger partial charge in [-0.2, -0.15) is 5.10 Å². The number of rotatable bonds is 5. The van der Waals surface area contributed by atoms with Crippen LogP contribution >= 0.6 is 0 Å². The summed E-state index contributed by atoms with van der Waals surface area (Å²) in [5, 5.41) is 5.69. The average Bonchev–Trinajstić information content (AvgIpc) is 3.41. The summed E-state index contributed by atoms with van der Waals surface area (Å²) in [6.45, 7) is 1.91. The van der Waals surface area contributed by atoms with Gasteiger partial charge in [-0.05, 0) is 54.3 Å². The summed E-state index contributed by atoms with van der Waals surface area (Å²) in [5.41, 5.74) is 4.90. The number of nitrogens with zero attached hydrogens (tertiary/aromatic N) is 2. The number of sulfonamides is 1. The molecule has 1 N–H and O–H groups in total. The fourth-order valence-electron chi connectivity index (χ4n) is 3.79. The lowest BCUT2D eigenvalue weighted by atomic mass is 10.1. The van der Waals surface area contributed by atoms with Crippen molar-refractivity contribution in [1.82, 2.24) is 5.43 Å². The van der Waals surface area contributed by atoms with Gasteiger partial charge < -0.3 is 4.42 Å². The molecule has 8 heteroatoms. The maximum absolute atomic E-state index is 13.1. The Balaban J connectivity index is 1.35. The summed E-state index contributed by atoms with van der Waals surface area (Å²) in [4.78, 5) is 12.7. The Morgan fingerprint density at radius 2 is 1.75 bits per heavy atom. The van der Waals surface area contributed by atoms with Crippen molar-refractivity contribution < 1.29 is 17.6 Å². The van der Waals surface area contributed by atoms with E-state index in [9.17, 15) is 13.2 Å². The molecule has 0 spiro atoms. The standard InChI is InChI=1S/C24H19N3O4S/c1-16(21-8-4-14-31-21)25-26-24(28)19-12-10-17(11-13-19)15-27-20-7-2-5-18-6-3-9-22(23(18)20)32(27,29)30/h2-14H,15H2,1H3,(H,26,28). The Morgan fingerprint density at radius 1 is 1.00 bits per heavy atom. The highest BCUT2D eigenvalue weighted by Crippen LogP contribution is 2.42. The van der Waals surface area contributed by atoms with E-state index < -0.39 is 10.0 Å². The molecule has 7 nitrogen and oxygen atoms in total. The maximum Gasteiger partial charge on any atom is 0.271 e. The van der Waals surface area contributed by atoms with Gasteiger partial charge in [-0.15, -0.1) is 0 Å². The van der Waals surface area contributed by atoms with E-state index >= 15 is 0 Å². The fraction of sp³-hybridized carbons (Fsp3) is 0.0833. The topological polar surface area (TPSA) is 92.0 Å². The number of amides is 1. The van der Waals surface area contributed by atoms with Gasteiger partial charge in [-0.3, -0.25) is 9.10 Å². The van der Waals surface area contributed by atoms with Gasteiger partial charge in [-0.25, -0.2) is 13.8 Å². The zero-order valence-electron chi connectivity index (χ0n) is 17.1. The minimum absolute atomic E-state index is 0.174. The van der Waals surface area contributed by atoms with Crippen molar-refractivity contribution in [3.8, 4) is 0 Å². The number of carbonyl (C=O) groups is 1. The van der Waals surface area contributed by atoms with Crippen LogP contribution in [0.15, 0.2) is 93.5 Å². The Bertz CT molecular complexity index is 1450. The third-order valence-corrected chi connectivity index (χ3v) is 7.23. The van der Waals surface area contributed by atoms with Gasteiger partial charge in [0, 0.05) is 10.9 Å². The molecule has 1 aliphatic rings. The lowest BCUT2D eigenvalue weighted by Gasteiger charge is -2.19. The van der Waals surface area contributed by atoms with Crippen LogP contribution in [0.4, 0.5) is 5.69 Å². The highest BCUT2D eigenvalue weighted by molar-refractivity contribution is 7.93. The van der Waals surface area contributed by atoms with Crippen molar-refractivity contribution in [1.29, 1.82) is 0 Å². The van der Waals surface area contributed by atoms with Crippen molar-refractivity contribution in [2.24, 2.45) is 5.10 Å². The smallest absolute Gasteiger partial charge is 0.271 e. The van der Waals surface area contributed by atoms with E-state index in [1.807, 2.05) is 24.3 Å². The van der Waals surface area contributed by atoms with Crippen molar-refractivity contribution >= 4 is 38.1 Å². The van der Waals surface area contributed by atoms with Crippen molar-refractivity contribution in [3.05, 3.63) is 95.9 Å². The molecule has 1 aliphatic heterocycles. The molecule has 0 fully saturated rings. The molecule has 1 amide bonds. The van der Waals surface area contributed by atoms with Crippen molar-refractivity contribution in [3.63, 3.8) is 0 Å². The SMILES string of the molecule is CC(=NNC(=O)c1ccc(CN2c3cccc4cccc(c34)S2(=O)=O)cc1)c1ccco1. The summed E-state index contributed by atoms with van der Waals surface area (Å²) in [6.07, 6.45) is 1.54. The lowest BCUT2D eigenvalue weighted by molar-refractivity contribution is 0.0955. The molecule has 32 heavy (non-hydrogen) atoms. The number of hydrogen-bond acceptors (Lipinski definition) is 5. The summed E-state index contributed by atoms with van der Waals surface area (Å²) in [5.74, 6) is 0.205. The second-order valence-corrected chi connectivity index (χ2v) is 9.29. The van der Waals surface area contributed by atoms with Gasteiger partial charge >= 0.3 is 0 Å². The van der Waals surface area contributed by atoms with Crippen LogP contribution in [-0.2, 0) is 16.6 Å². The minimum Gasteiger partial charge on any atom is -0.463 e. The number of carbonyl (C=O) groups excluding carboxylic acids is 1. The first kappa shape index (κ1) is 20.0. The number of hydrogen-bond donors (Lipinski definition) is 1. The van der Waals surface area contributed by atoms with Crippen molar-refractivity contribution in [2.45, 2.75) is 18.4 Å². The van der Waals surface area contributed by atoms with Crippen LogP contribution in [0.2, 0.25) is 0 Å². The van der Waals surface area contributed by atoms with E-state index in [0.717, 1.165) is 16.3 Å². The van der Waals surface area contributed by atoms with Gasteiger partial charge in [0.15, 0.2) is 0 Å². The van der Waals surface area contributed by atoms with Crippen LogP contribution in [0.25, 0.3) is 10.8 Å². The van der Waals surface area contributed by atoms with E-state index in [1.165, 1.54) is 10.6 Å².